The van der Waals surface area contributed by atoms with Crippen LogP contribution in [0.1, 0.15) is 18.1 Å². The maximum absolute atomic E-state index is 10.6. The van der Waals surface area contributed by atoms with Gasteiger partial charge < -0.3 is 5.32 Å². The van der Waals surface area contributed by atoms with Crippen molar-refractivity contribution < 1.29 is 9.90 Å². The van der Waals surface area contributed by atoms with E-state index >= 15 is 0 Å². The zero-order valence-corrected chi connectivity index (χ0v) is 8.25. The molecule has 0 saturated carbocycles. The summed E-state index contributed by atoms with van der Waals surface area (Å²) in [5.74, 6) is -0.0337. The molecule has 0 heterocycles. The first-order chi connectivity index (χ1) is 6.72. The van der Waals surface area contributed by atoms with Crippen LogP contribution in [-0.4, -0.2) is 12.5 Å². The van der Waals surface area contributed by atoms with E-state index in [2.05, 4.69) is 5.32 Å². The monoisotopic (exact) mass is 192 g/mol. The van der Waals surface area contributed by atoms with Crippen molar-refractivity contribution >= 4 is 5.91 Å². The fraction of sp³-hybridized carbons (Fsp3) is 0.364. The van der Waals surface area contributed by atoms with Crippen LogP contribution in [0.25, 0.3) is 0 Å². The molecule has 1 aromatic carbocycles. The van der Waals surface area contributed by atoms with E-state index in [0.29, 0.717) is 13.0 Å². The standard InChI is InChI=1S/C11H14NO2/c1-9(14)12-8-11-4-2-10(3-5-11)6-7-13/h2-5H,6-8H2,1H3,(H,12,14). The maximum atomic E-state index is 10.6. The van der Waals surface area contributed by atoms with E-state index in [1.165, 1.54) is 6.92 Å². The summed E-state index contributed by atoms with van der Waals surface area (Å²) in [4.78, 5) is 10.6. The van der Waals surface area contributed by atoms with Crippen LogP contribution in [0.2, 0.25) is 0 Å². The van der Waals surface area contributed by atoms with Crippen molar-refractivity contribution in [3.63, 3.8) is 0 Å². The molecule has 0 aliphatic rings. The van der Waals surface area contributed by atoms with Crippen molar-refractivity contribution in [2.24, 2.45) is 0 Å². The number of amides is 1. The molecule has 0 atom stereocenters. The molecule has 3 nitrogen and oxygen atoms in total. The molecule has 0 aliphatic heterocycles. The zero-order valence-electron chi connectivity index (χ0n) is 8.25. The minimum atomic E-state index is -0.0783. The third-order valence-corrected chi connectivity index (χ3v) is 1.96. The quantitative estimate of drug-likeness (QED) is 0.768. The second-order valence-corrected chi connectivity index (χ2v) is 3.18. The Kier molecular flexibility index (Phi) is 4.13. The highest BCUT2D eigenvalue weighted by atomic mass is 16.2. The summed E-state index contributed by atoms with van der Waals surface area (Å²) in [5, 5.41) is 13.1. The Bertz CT molecular complexity index is 293. The van der Waals surface area contributed by atoms with Gasteiger partial charge in [0, 0.05) is 13.5 Å². The number of nitrogens with one attached hydrogen (secondary N) is 1. The average molecular weight is 192 g/mol. The molecule has 1 N–H and O–H groups in total. The van der Waals surface area contributed by atoms with E-state index in [9.17, 15) is 9.90 Å². The van der Waals surface area contributed by atoms with Gasteiger partial charge in [0.1, 0.15) is 0 Å². The van der Waals surface area contributed by atoms with Crippen LogP contribution in [0.4, 0.5) is 0 Å². The second-order valence-electron chi connectivity index (χ2n) is 3.18. The van der Waals surface area contributed by atoms with Gasteiger partial charge in [0.15, 0.2) is 0 Å². The van der Waals surface area contributed by atoms with Gasteiger partial charge in [-0.25, -0.2) is 5.11 Å². The molecule has 1 radical (unpaired) electrons. The summed E-state index contributed by atoms with van der Waals surface area (Å²) in [5.41, 5.74) is 2.10. The summed E-state index contributed by atoms with van der Waals surface area (Å²) in [6.07, 6.45) is 0.570. The van der Waals surface area contributed by atoms with E-state index in [0.717, 1.165) is 11.1 Å². The number of hydrogen-bond acceptors (Lipinski definition) is 1. The van der Waals surface area contributed by atoms with Gasteiger partial charge in [-0.15, -0.1) is 0 Å². The Morgan fingerprint density at radius 2 is 1.79 bits per heavy atom. The van der Waals surface area contributed by atoms with E-state index in [1.54, 1.807) is 0 Å². The van der Waals surface area contributed by atoms with Crippen molar-refractivity contribution in [2.75, 3.05) is 6.61 Å². The Balaban J connectivity index is 2.50. The lowest BCUT2D eigenvalue weighted by atomic mass is 10.1. The first-order valence-corrected chi connectivity index (χ1v) is 4.62. The lowest BCUT2D eigenvalue weighted by molar-refractivity contribution is -0.119. The van der Waals surface area contributed by atoms with Crippen molar-refractivity contribution in [3.05, 3.63) is 35.4 Å². The van der Waals surface area contributed by atoms with E-state index in [1.807, 2.05) is 24.3 Å². The van der Waals surface area contributed by atoms with Crippen LogP contribution in [0.15, 0.2) is 24.3 Å². The molecule has 75 valence electrons. The van der Waals surface area contributed by atoms with Gasteiger partial charge in [0.05, 0.1) is 6.61 Å². The van der Waals surface area contributed by atoms with Crippen LogP contribution in [0.3, 0.4) is 0 Å². The fourth-order valence-electron chi connectivity index (χ4n) is 1.17. The molecule has 0 spiro atoms. The molecular formula is C11H14NO2. The lowest BCUT2D eigenvalue weighted by Gasteiger charge is -2.03. The minimum Gasteiger partial charge on any atom is -0.352 e. The molecule has 0 saturated heterocycles. The van der Waals surface area contributed by atoms with Crippen LogP contribution in [0.5, 0.6) is 0 Å². The Hall–Kier alpha value is -1.35. The molecule has 0 aromatic heterocycles. The average Bonchev–Trinajstić information content (AvgIpc) is 2.17. The fourth-order valence-corrected chi connectivity index (χ4v) is 1.17. The topological polar surface area (TPSA) is 49.0 Å². The van der Waals surface area contributed by atoms with Gasteiger partial charge in [0.25, 0.3) is 0 Å². The highest BCUT2D eigenvalue weighted by Gasteiger charge is 1.95. The molecule has 0 aliphatic carbocycles. The number of carbonyl (C=O) groups is 1. The van der Waals surface area contributed by atoms with Gasteiger partial charge in [-0.2, -0.15) is 0 Å². The number of carbonyl (C=O) groups excluding carboxylic acids is 1. The third kappa shape index (κ3) is 3.58. The Labute approximate surface area is 83.8 Å². The van der Waals surface area contributed by atoms with Crippen LogP contribution >= 0.6 is 0 Å². The molecule has 0 fully saturated rings. The van der Waals surface area contributed by atoms with Crippen LogP contribution < -0.4 is 5.32 Å². The number of benzene rings is 1. The van der Waals surface area contributed by atoms with Gasteiger partial charge in [0.2, 0.25) is 5.91 Å². The predicted octanol–water partition coefficient (Wildman–Crippen LogP) is 1.30. The second kappa shape index (κ2) is 5.40. The zero-order chi connectivity index (χ0) is 10.4. The Morgan fingerprint density at radius 1 is 1.21 bits per heavy atom. The molecule has 3 heteroatoms. The maximum Gasteiger partial charge on any atom is 0.217 e. The molecule has 1 amide bonds. The van der Waals surface area contributed by atoms with Gasteiger partial charge in [-0.1, -0.05) is 24.3 Å². The van der Waals surface area contributed by atoms with Gasteiger partial charge in [-0.3, -0.25) is 4.79 Å². The summed E-state index contributed by atoms with van der Waals surface area (Å²) in [6, 6.07) is 7.71. The van der Waals surface area contributed by atoms with Crippen LogP contribution in [0, 0.1) is 0 Å². The molecule has 0 bridgehead atoms. The third-order valence-electron chi connectivity index (χ3n) is 1.96. The van der Waals surface area contributed by atoms with E-state index < -0.39 is 0 Å². The normalized spacial score (nSPS) is 9.86. The highest BCUT2D eigenvalue weighted by molar-refractivity contribution is 5.72. The molecule has 0 unspecified atom stereocenters. The molecule has 1 rings (SSSR count). The van der Waals surface area contributed by atoms with Crippen LogP contribution in [-0.2, 0) is 22.9 Å². The summed E-state index contributed by atoms with van der Waals surface area (Å²) >= 11 is 0. The first-order valence-electron chi connectivity index (χ1n) is 4.62. The van der Waals surface area contributed by atoms with E-state index in [4.69, 9.17) is 0 Å². The first kappa shape index (κ1) is 10.7. The summed E-state index contributed by atoms with van der Waals surface area (Å²) < 4.78 is 0. The van der Waals surface area contributed by atoms with Crippen molar-refractivity contribution in [3.8, 4) is 0 Å². The molecular weight excluding hydrogens is 178 g/mol. The van der Waals surface area contributed by atoms with Gasteiger partial charge in [-0.05, 0) is 17.5 Å². The lowest BCUT2D eigenvalue weighted by Crippen LogP contribution is -2.18. The molecule has 1 aromatic rings. The SMILES string of the molecule is CC(=O)NCc1ccc(CC[O])cc1. The summed E-state index contributed by atoms with van der Waals surface area (Å²) in [7, 11) is 0. The predicted molar refractivity (Wildman–Crippen MR) is 53.2 cm³/mol. The van der Waals surface area contributed by atoms with Crippen molar-refractivity contribution in [1.82, 2.24) is 5.32 Å². The largest absolute Gasteiger partial charge is 0.352 e. The molecule has 14 heavy (non-hydrogen) atoms. The summed E-state index contributed by atoms with van der Waals surface area (Å²) in [6.45, 7) is 1.96. The number of rotatable bonds is 4. The van der Waals surface area contributed by atoms with Gasteiger partial charge >= 0.3 is 0 Å². The Morgan fingerprint density at radius 3 is 2.29 bits per heavy atom. The highest BCUT2D eigenvalue weighted by Crippen LogP contribution is 2.04. The van der Waals surface area contributed by atoms with E-state index in [-0.39, 0.29) is 12.5 Å². The van der Waals surface area contributed by atoms with Crippen molar-refractivity contribution in [1.29, 1.82) is 0 Å². The van der Waals surface area contributed by atoms with Crippen molar-refractivity contribution in [2.45, 2.75) is 19.9 Å². The smallest absolute Gasteiger partial charge is 0.217 e. The number of hydrogen-bond donors (Lipinski definition) is 1. The minimum absolute atomic E-state index is 0.0337.